The fourth-order valence-electron chi connectivity index (χ4n) is 3.07. The molecule has 146 valence electrons. The quantitative estimate of drug-likeness (QED) is 0.795. The molecule has 2 aromatic rings. The lowest BCUT2D eigenvalue weighted by molar-refractivity contribution is -0.389. The second-order valence-corrected chi connectivity index (χ2v) is 7.09. The lowest BCUT2D eigenvalue weighted by Crippen LogP contribution is -2.53. The average Bonchev–Trinajstić information content (AvgIpc) is 2.66. The van der Waals surface area contributed by atoms with Gasteiger partial charge in [-0.3, -0.25) is 9.63 Å². The Morgan fingerprint density at radius 2 is 2.00 bits per heavy atom. The summed E-state index contributed by atoms with van der Waals surface area (Å²) >= 11 is 0. The van der Waals surface area contributed by atoms with Crippen LogP contribution >= 0.6 is 0 Å². The highest BCUT2D eigenvalue weighted by Crippen LogP contribution is 2.43. The molecule has 7 heteroatoms. The summed E-state index contributed by atoms with van der Waals surface area (Å²) in [6.07, 6.45) is -1.09. The molecule has 0 aromatic heterocycles. The van der Waals surface area contributed by atoms with E-state index in [1.807, 2.05) is 30.3 Å². The molecule has 7 nitrogen and oxygen atoms in total. The van der Waals surface area contributed by atoms with Crippen LogP contribution in [-0.2, 0) is 21.1 Å². The third kappa shape index (κ3) is 4.15. The van der Waals surface area contributed by atoms with Gasteiger partial charge in [0, 0.05) is 12.5 Å². The number of carbonyl (C=O) groups excluding carboxylic acids is 1. The number of hydrogen-bond donors (Lipinski definition) is 1. The Morgan fingerprint density at radius 1 is 1.29 bits per heavy atom. The van der Waals surface area contributed by atoms with Gasteiger partial charge in [0.15, 0.2) is 0 Å². The summed E-state index contributed by atoms with van der Waals surface area (Å²) in [5.74, 6) is -0.109. The van der Waals surface area contributed by atoms with Crippen LogP contribution in [0.15, 0.2) is 48.5 Å². The van der Waals surface area contributed by atoms with Gasteiger partial charge in [-0.1, -0.05) is 30.3 Å². The number of hydrogen-bond acceptors (Lipinski definition) is 7. The number of hydroxylamine groups is 2. The summed E-state index contributed by atoms with van der Waals surface area (Å²) < 4.78 is 5.90. The van der Waals surface area contributed by atoms with Crippen LogP contribution < -0.4 is 4.74 Å². The molecule has 0 fully saturated rings. The molecule has 2 aromatic carbocycles. The molecule has 0 spiro atoms. The first-order valence-electron chi connectivity index (χ1n) is 8.87. The van der Waals surface area contributed by atoms with Crippen LogP contribution in [-0.4, -0.2) is 28.0 Å². The Labute approximate surface area is 163 Å². The van der Waals surface area contributed by atoms with Crippen LogP contribution in [0.25, 0.3) is 0 Å². The van der Waals surface area contributed by atoms with Crippen LogP contribution in [0, 0.1) is 11.3 Å². The first kappa shape index (κ1) is 19.8. The number of nitriles is 1. The lowest BCUT2D eigenvalue weighted by Gasteiger charge is -2.44. The van der Waals surface area contributed by atoms with Gasteiger partial charge in [-0.25, -0.2) is 0 Å². The van der Waals surface area contributed by atoms with Crippen molar-refractivity contribution in [3.63, 3.8) is 0 Å². The highest BCUT2D eigenvalue weighted by atomic mass is 17.0. The normalized spacial score (nSPS) is 20.0. The first-order valence-corrected chi connectivity index (χ1v) is 8.87. The van der Waals surface area contributed by atoms with Crippen molar-refractivity contribution >= 4 is 5.97 Å². The maximum Gasteiger partial charge on any atom is 0.325 e. The van der Waals surface area contributed by atoms with Crippen molar-refractivity contribution in [2.75, 3.05) is 0 Å². The first-order chi connectivity index (χ1) is 13.3. The van der Waals surface area contributed by atoms with Crippen molar-refractivity contribution in [1.82, 2.24) is 5.23 Å². The molecule has 0 amide bonds. The lowest BCUT2D eigenvalue weighted by atomic mass is 9.86. The van der Waals surface area contributed by atoms with Crippen molar-refractivity contribution in [3.05, 3.63) is 65.2 Å². The monoisotopic (exact) mass is 382 g/mol. The molecule has 0 saturated carbocycles. The second kappa shape index (κ2) is 7.98. The number of nitrogens with zero attached hydrogens (tertiary/aromatic N) is 2. The van der Waals surface area contributed by atoms with E-state index in [-0.39, 0.29) is 6.61 Å². The summed E-state index contributed by atoms with van der Waals surface area (Å²) in [5.41, 5.74) is 0.789. The number of carbonyl (C=O) groups is 1. The van der Waals surface area contributed by atoms with Gasteiger partial charge in [0.2, 0.25) is 0 Å². The van der Waals surface area contributed by atoms with Gasteiger partial charge in [-0.2, -0.15) is 5.26 Å². The topological polar surface area (TPSA) is 92.0 Å². The standard InChI is InChI=1S/C21H22N2O5/c1-14(24)28-23(26-13-15-7-5-4-6-8-15)19-17-11-16(12-22)9-10-18(17)27-21(2,3)20(19)25/h4-11,19-20,25H,13H2,1-3H3/t19-,20+/m1/s1. The number of rotatable bonds is 5. The summed E-state index contributed by atoms with van der Waals surface area (Å²) in [7, 11) is 0. The Kier molecular flexibility index (Phi) is 5.66. The second-order valence-electron chi connectivity index (χ2n) is 7.09. The smallest absolute Gasteiger partial charge is 0.325 e. The number of aliphatic hydroxyl groups is 1. The Hall–Kier alpha value is -2.92. The summed E-state index contributed by atoms with van der Waals surface area (Å²) in [5, 5.41) is 21.2. The van der Waals surface area contributed by atoms with E-state index in [0.717, 1.165) is 10.8 Å². The van der Waals surface area contributed by atoms with E-state index in [9.17, 15) is 15.2 Å². The molecule has 0 aliphatic carbocycles. The maximum absolute atomic E-state index is 11.7. The van der Waals surface area contributed by atoms with Crippen molar-refractivity contribution in [2.24, 2.45) is 0 Å². The van der Waals surface area contributed by atoms with Crippen molar-refractivity contribution < 1.29 is 24.3 Å². The molecule has 0 saturated heterocycles. The van der Waals surface area contributed by atoms with Crippen molar-refractivity contribution in [1.29, 1.82) is 5.26 Å². The van der Waals surface area contributed by atoms with E-state index >= 15 is 0 Å². The van der Waals surface area contributed by atoms with Crippen molar-refractivity contribution in [3.8, 4) is 11.8 Å². The number of benzene rings is 2. The average molecular weight is 382 g/mol. The van der Waals surface area contributed by atoms with E-state index in [0.29, 0.717) is 16.9 Å². The highest BCUT2D eigenvalue weighted by molar-refractivity contribution is 5.65. The molecule has 2 atom stereocenters. The van der Waals surface area contributed by atoms with E-state index in [2.05, 4.69) is 6.07 Å². The molecular formula is C21H22N2O5. The molecule has 1 heterocycles. The molecular weight excluding hydrogens is 360 g/mol. The maximum atomic E-state index is 11.7. The number of aliphatic hydroxyl groups excluding tert-OH is 1. The van der Waals surface area contributed by atoms with Crippen LogP contribution in [0.5, 0.6) is 5.75 Å². The van der Waals surface area contributed by atoms with Gasteiger partial charge in [-0.05, 0) is 42.8 Å². The molecule has 0 radical (unpaired) electrons. The Balaban J connectivity index is 1.99. The zero-order chi connectivity index (χ0) is 20.3. The Bertz CT molecular complexity index is 891. The van der Waals surface area contributed by atoms with Crippen LogP contribution in [0.4, 0.5) is 0 Å². The summed E-state index contributed by atoms with van der Waals surface area (Å²) in [6.45, 7) is 4.85. The van der Waals surface area contributed by atoms with Gasteiger partial charge in [0.25, 0.3) is 0 Å². The van der Waals surface area contributed by atoms with Gasteiger partial charge in [0.05, 0.1) is 18.2 Å². The third-order valence-electron chi connectivity index (χ3n) is 4.49. The van der Waals surface area contributed by atoms with Crippen LogP contribution in [0.1, 0.15) is 43.5 Å². The zero-order valence-corrected chi connectivity index (χ0v) is 16.0. The SMILES string of the molecule is CC(=O)ON(OCc1ccccc1)[C@@H]1c2cc(C#N)ccc2OC(C)(C)[C@H]1O. The minimum atomic E-state index is -1.09. The molecule has 0 unspecified atom stereocenters. The van der Waals surface area contributed by atoms with E-state index in [4.69, 9.17) is 14.4 Å². The molecule has 3 rings (SSSR count). The summed E-state index contributed by atoms with van der Waals surface area (Å²) in [6, 6.07) is 15.5. The number of ether oxygens (including phenoxy) is 1. The summed E-state index contributed by atoms with van der Waals surface area (Å²) in [4.78, 5) is 22.7. The van der Waals surface area contributed by atoms with Gasteiger partial charge in [-0.15, -0.1) is 0 Å². The van der Waals surface area contributed by atoms with Crippen LogP contribution in [0.2, 0.25) is 0 Å². The van der Waals surface area contributed by atoms with E-state index in [1.54, 1.807) is 32.0 Å². The largest absolute Gasteiger partial charge is 0.485 e. The van der Waals surface area contributed by atoms with Crippen molar-refractivity contribution in [2.45, 2.75) is 45.1 Å². The van der Waals surface area contributed by atoms with Crippen LogP contribution in [0.3, 0.4) is 0 Å². The molecule has 1 N–H and O–H groups in total. The molecule has 0 bridgehead atoms. The van der Waals surface area contributed by atoms with E-state index in [1.165, 1.54) is 6.92 Å². The Morgan fingerprint density at radius 3 is 2.64 bits per heavy atom. The fourth-order valence-corrected chi connectivity index (χ4v) is 3.07. The predicted octanol–water partition coefficient (Wildman–Crippen LogP) is 3.04. The highest BCUT2D eigenvalue weighted by Gasteiger charge is 2.47. The van der Waals surface area contributed by atoms with E-state index < -0.39 is 23.7 Å². The van der Waals surface area contributed by atoms with Gasteiger partial charge in [0.1, 0.15) is 23.5 Å². The third-order valence-corrected chi connectivity index (χ3v) is 4.49. The molecule has 1 aliphatic rings. The zero-order valence-electron chi connectivity index (χ0n) is 16.0. The van der Waals surface area contributed by atoms with Gasteiger partial charge < -0.3 is 14.7 Å². The fraction of sp³-hybridized carbons (Fsp3) is 0.333. The number of fused-ring (bicyclic) bond motifs is 1. The molecule has 1 aliphatic heterocycles. The molecule has 28 heavy (non-hydrogen) atoms. The minimum Gasteiger partial charge on any atom is -0.485 e. The van der Waals surface area contributed by atoms with Gasteiger partial charge >= 0.3 is 5.97 Å². The predicted molar refractivity (Wildman–Crippen MR) is 99.4 cm³/mol. The minimum absolute atomic E-state index is 0.131.